The molecule has 2 N–H and O–H groups in total. The minimum atomic E-state index is -1.36. The maximum atomic E-state index is 12.4. The van der Waals surface area contributed by atoms with Gasteiger partial charge in [0.1, 0.15) is 11.3 Å². The first-order valence-electron chi connectivity index (χ1n) is 8.28. The molecule has 1 aliphatic rings. The van der Waals surface area contributed by atoms with Gasteiger partial charge in [0.25, 0.3) is 0 Å². The number of carbonyl (C=O) groups excluding carboxylic acids is 3. The van der Waals surface area contributed by atoms with E-state index in [4.69, 9.17) is 25.7 Å². The zero-order chi connectivity index (χ0) is 20.4. The molecular weight excluding hydrogens is 376 g/mol. The molecule has 0 saturated heterocycles. The molecule has 0 fully saturated rings. The summed E-state index contributed by atoms with van der Waals surface area (Å²) < 4.78 is 15.3. The number of carbonyl (C=O) groups is 3. The van der Waals surface area contributed by atoms with Crippen LogP contribution < -0.4 is 9.97 Å². The van der Waals surface area contributed by atoms with Crippen molar-refractivity contribution >= 4 is 36.6 Å². The van der Waals surface area contributed by atoms with Crippen molar-refractivity contribution in [3.05, 3.63) is 28.3 Å². The molecule has 0 radical (unpaired) electrons. The lowest BCUT2D eigenvalue weighted by Crippen LogP contribution is -2.52. The summed E-state index contributed by atoms with van der Waals surface area (Å²) in [6.45, 7) is 5.75. The molecule has 0 saturated carbocycles. The third-order valence-corrected chi connectivity index (χ3v) is 4.11. The normalized spacial score (nSPS) is 16.1. The number of esters is 2. The predicted molar refractivity (Wildman–Crippen MR) is 97.2 cm³/mol. The van der Waals surface area contributed by atoms with E-state index in [-0.39, 0.29) is 28.7 Å². The number of rotatable bonds is 4. The second kappa shape index (κ2) is 8.18. The van der Waals surface area contributed by atoms with E-state index in [0.29, 0.717) is 5.56 Å². The standard InChI is InChI=1S/C17H21BClNO7/c1-9(21)20-12-7-10-5-6-11(19)13(14(10)27-18(12)24)15(22)25-8-26-16(23)17(2,3)4/h5-6,12,24H,7-8H2,1-4H3,(H,20,21). The number of benzene rings is 1. The van der Waals surface area contributed by atoms with Crippen LogP contribution in [0.1, 0.15) is 43.6 Å². The largest absolute Gasteiger partial charge is 0.547 e. The van der Waals surface area contributed by atoms with Crippen molar-refractivity contribution in [1.82, 2.24) is 5.32 Å². The van der Waals surface area contributed by atoms with Crippen LogP contribution in [0.25, 0.3) is 0 Å². The maximum absolute atomic E-state index is 12.4. The summed E-state index contributed by atoms with van der Waals surface area (Å²) in [5.74, 6) is -2.29. The lowest BCUT2D eigenvalue weighted by Gasteiger charge is -2.29. The highest BCUT2D eigenvalue weighted by molar-refractivity contribution is 6.47. The summed E-state index contributed by atoms with van der Waals surface area (Å²) in [6, 6.07) is 3.12. The Hall–Kier alpha value is -2.26. The molecule has 0 bridgehead atoms. The van der Waals surface area contributed by atoms with E-state index in [9.17, 15) is 19.4 Å². The molecule has 146 valence electrons. The van der Waals surface area contributed by atoms with Crippen molar-refractivity contribution in [2.75, 3.05) is 6.79 Å². The van der Waals surface area contributed by atoms with Gasteiger partial charge in [0.15, 0.2) is 0 Å². The summed E-state index contributed by atoms with van der Waals surface area (Å²) >= 11 is 6.10. The van der Waals surface area contributed by atoms with Crippen LogP contribution >= 0.6 is 11.6 Å². The van der Waals surface area contributed by atoms with Gasteiger partial charge >= 0.3 is 19.1 Å². The number of ether oxygens (including phenoxy) is 2. The number of hydrogen-bond acceptors (Lipinski definition) is 7. The van der Waals surface area contributed by atoms with Crippen LogP contribution in [-0.2, 0) is 25.5 Å². The molecule has 1 aromatic carbocycles. The molecule has 1 unspecified atom stereocenters. The first-order chi connectivity index (χ1) is 12.5. The van der Waals surface area contributed by atoms with E-state index in [2.05, 4.69) is 5.32 Å². The van der Waals surface area contributed by atoms with E-state index >= 15 is 0 Å². The SMILES string of the molecule is CC(=O)NC1Cc2ccc(Cl)c(C(=O)OCOC(=O)C(C)(C)C)c2OB1O. The lowest BCUT2D eigenvalue weighted by atomic mass is 9.72. The van der Waals surface area contributed by atoms with Gasteiger partial charge in [-0.3, -0.25) is 9.59 Å². The van der Waals surface area contributed by atoms with Gasteiger partial charge in [-0.15, -0.1) is 0 Å². The third kappa shape index (κ3) is 5.14. The Bertz CT molecular complexity index is 762. The van der Waals surface area contributed by atoms with Crippen molar-refractivity contribution < 1.29 is 33.5 Å². The molecule has 1 aliphatic heterocycles. The highest BCUT2D eigenvalue weighted by Crippen LogP contribution is 2.35. The van der Waals surface area contributed by atoms with Crippen molar-refractivity contribution in [1.29, 1.82) is 0 Å². The molecule has 1 aromatic rings. The van der Waals surface area contributed by atoms with Gasteiger partial charge in [0.2, 0.25) is 12.7 Å². The van der Waals surface area contributed by atoms with Gasteiger partial charge in [-0.2, -0.15) is 0 Å². The summed E-state index contributed by atoms with van der Waals surface area (Å²) in [5, 5.41) is 12.7. The molecule has 1 heterocycles. The summed E-state index contributed by atoms with van der Waals surface area (Å²) in [5.41, 5.74) is -0.245. The van der Waals surface area contributed by atoms with Crippen LogP contribution in [0.3, 0.4) is 0 Å². The molecule has 10 heteroatoms. The molecular formula is C17H21BClNO7. The predicted octanol–water partition coefficient (Wildman–Crippen LogP) is 1.50. The van der Waals surface area contributed by atoms with Gasteiger partial charge in [0.05, 0.1) is 16.4 Å². The summed E-state index contributed by atoms with van der Waals surface area (Å²) in [6.07, 6.45) is 0.243. The van der Waals surface area contributed by atoms with Gasteiger partial charge < -0.3 is 24.5 Å². The fourth-order valence-corrected chi connectivity index (χ4v) is 2.66. The second-order valence-electron chi connectivity index (χ2n) is 7.16. The van der Waals surface area contributed by atoms with Crippen LogP contribution in [0.4, 0.5) is 0 Å². The van der Waals surface area contributed by atoms with Crippen LogP contribution in [0.15, 0.2) is 12.1 Å². The quantitative estimate of drug-likeness (QED) is 0.450. The third-order valence-electron chi connectivity index (χ3n) is 3.80. The first kappa shape index (κ1) is 21.0. The summed E-state index contributed by atoms with van der Waals surface area (Å²) in [7, 11) is -1.36. The van der Waals surface area contributed by atoms with E-state index in [1.54, 1.807) is 26.8 Å². The van der Waals surface area contributed by atoms with Crippen molar-refractivity contribution in [2.24, 2.45) is 5.41 Å². The molecule has 0 aliphatic carbocycles. The Balaban J connectivity index is 2.15. The van der Waals surface area contributed by atoms with Crippen LogP contribution in [0.5, 0.6) is 5.75 Å². The number of halogens is 1. The van der Waals surface area contributed by atoms with E-state index in [1.807, 2.05) is 0 Å². The molecule has 1 atom stereocenters. The van der Waals surface area contributed by atoms with Gasteiger partial charge in [-0.05, 0) is 38.8 Å². The highest BCUT2D eigenvalue weighted by Gasteiger charge is 2.38. The average molecular weight is 398 g/mol. The van der Waals surface area contributed by atoms with Gasteiger partial charge in [0, 0.05) is 6.92 Å². The van der Waals surface area contributed by atoms with E-state index < -0.39 is 37.2 Å². The Morgan fingerprint density at radius 2 is 2.00 bits per heavy atom. The molecule has 8 nitrogen and oxygen atoms in total. The summed E-state index contributed by atoms with van der Waals surface area (Å²) in [4.78, 5) is 35.4. The van der Waals surface area contributed by atoms with E-state index in [1.165, 1.54) is 13.0 Å². The highest BCUT2D eigenvalue weighted by atomic mass is 35.5. The van der Waals surface area contributed by atoms with Gasteiger partial charge in [-0.1, -0.05) is 17.7 Å². The number of amides is 1. The molecule has 0 aromatic heterocycles. The Labute approximate surface area is 162 Å². The second-order valence-corrected chi connectivity index (χ2v) is 7.57. The topological polar surface area (TPSA) is 111 Å². The number of hydrogen-bond donors (Lipinski definition) is 2. The average Bonchev–Trinajstić information content (AvgIpc) is 2.54. The Kier molecular flexibility index (Phi) is 6.38. The molecule has 2 rings (SSSR count). The van der Waals surface area contributed by atoms with Crippen LogP contribution in [0.2, 0.25) is 5.02 Å². The van der Waals surface area contributed by atoms with Crippen LogP contribution in [0, 0.1) is 5.41 Å². The maximum Gasteiger partial charge on any atom is 0.547 e. The molecule has 1 amide bonds. The minimum absolute atomic E-state index is 0.0612. The zero-order valence-corrected chi connectivity index (χ0v) is 16.3. The van der Waals surface area contributed by atoms with E-state index in [0.717, 1.165) is 0 Å². The first-order valence-corrected chi connectivity index (χ1v) is 8.66. The zero-order valence-electron chi connectivity index (χ0n) is 15.5. The number of fused-ring (bicyclic) bond motifs is 1. The minimum Gasteiger partial charge on any atom is -0.534 e. The van der Waals surface area contributed by atoms with Crippen LogP contribution in [-0.4, -0.2) is 42.7 Å². The smallest absolute Gasteiger partial charge is 0.534 e. The van der Waals surface area contributed by atoms with Gasteiger partial charge in [-0.25, -0.2) is 4.79 Å². The monoisotopic (exact) mass is 397 g/mol. The molecule has 0 spiro atoms. The fourth-order valence-electron chi connectivity index (χ4n) is 2.44. The fraction of sp³-hybridized carbons (Fsp3) is 0.471. The Morgan fingerprint density at radius 1 is 1.33 bits per heavy atom. The molecule has 27 heavy (non-hydrogen) atoms. The Morgan fingerprint density at radius 3 is 2.59 bits per heavy atom. The van der Waals surface area contributed by atoms with Crippen molar-refractivity contribution in [2.45, 2.75) is 40.1 Å². The number of nitrogens with one attached hydrogen (secondary N) is 1. The van der Waals surface area contributed by atoms with Crippen molar-refractivity contribution in [3.8, 4) is 5.75 Å². The lowest BCUT2D eigenvalue weighted by molar-refractivity contribution is -0.161. The van der Waals surface area contributed by atoms with Crippen molar-refractivity contribution in [3.63, 3.8) is 0 Å².